The van der Waals surface area contributed by atoms with E-state index in [0.29, 0.717) is 18.8 Å². The van der Waals surface area contributed by atoms with Gasteiger partial charge in [0, 0.05) is 44.2 Å². The number of aliphatic carboxylic acids is 2. The maximum atomic E-state index is 9.55. The zero-order valence-electron chi connectivity index (χ0n) is 19.5. The van der Waals surface area contributed by atoms with Crippen molar-refractivity contribution in [2.75, 3.05) is 26.2 Å². The molecule has 2 aromatic rings. The maximum absolute atomic E-state index is 9.55. The number of benzene rings is 1. The minimum Gasteiger partial charge on any atom is -0.483 e. The van der Waals surface area contributed by atoms with E-state index in [2.05, 4.69) is 32.4 Å². The van der Waals surface area contributed by atoms with Crippen LogP contribution in [0, 0.1) is 0 Å². The van der Waals surface area contributed by atoms with Gasteiger partial charge in [0.05, 0.1) is 12.2 Å². The molecule has 0 saturated carbocycles. The summed E-state index contributed by atoms with van der Waals surface area (Å²) in [6.07, 6.45) is 7.00. The molecule has 0 spiro atoms. The predicted octanol–water partition coefficient (Wildman–Crippen LogP) is 1.97. The fraction of sp³-hybridized carbons (Fsp3) is 0.375. The lowest BCUT2D eigenvalue weighted by atomic mass is 10.1. The van der Waals surface area contributed by atoms with E-state index < -0.39 is 11.9 Å². The number of rotatable bonds is 7. The van der Waals surface area contributed by atoms with E-state index in [0.717, 1.165) is 55.6 Å². The summed E-state index contributed by atoms with van der Waals surface area (Å²) in [5, 5.41) is 22.7. The van der Waals surface area contributed by atoms with E-state index in [-0.39, 0.29) is 12.2 Å². The fourth-order valence-corrected chi connectivity index (χ4v) is 3.81. The van der Waals surface area contributed by atoms with E-state index in [1.54, 1.807) is 0 Å². The number of para-hydroxylation sites is 2. The van der Waals surface area contributed by atoms with Gasteiger partial charge in [-0.15, -0.1) is 0 Å². The van der Waals surface area contributed by atoms with Gasteiger partial charge in [-0.25, -0.2) is 24.5 Å². The number of aliphatic imine (C=N–C) groups is 1. The molecule has 35 heavy (non-hydrogen) atoms. The molecule has 11 nitrogen and oxygen atoms in total. The Balaban J connectivity index is 0.000000371. The first-order valence-electron chi connectivity index (χ1n) is 11.4. The molecule has 1 aromatic carbocycles. The van der Waals surface area contributed by atoms with Crippen LogP contribution in [-0.2, 0) is 9.59 Å². The fourth-order valence-electron chi connectivity index (χ4n) is 3.81. The Morgan fingerprint density at radius 3 is 2.60 bits per heavy atom. The van der Waals surface area contributed by atoms with E-state index in [9.17, 15) is 9.59 Å². The third kappa shape index (κ3) is 7.87. The molecule has 1 aromatic heterocycles. The number of carbonyl (C=O) groups is 2. The quantitative estimate of drug-likeness (QED) is 0.432. The van der Waals surface area contributed by atoms with Gasteiger partial charge in [0.25, 0.3) is 0 Å². The zero-order chi connectivity index (χ0) is 25.0. The van der Waals surface area contributed by atoms with Gasteiger partial charge < -0.3 is 25.6 Å². The van der Waals surface area contributed by atoms with Gasteiger partial charge in [-0.05, 0) is 24.6 Å². The number of piperazine rings is 1. The van der Waals surface area contributed by atoms with Crippen molar-refractivity contribution < 1.29 is 24.5 Å². The van der Waals surface area contributed by atoms with Crippen LogP contribution in [0.25, 0.3) is 0 Å². The molecule has 0 amide bonds. The van der Waals surface area contributed by atoms with E-state index >= 15 is 0 Å². The van der Waals surface area contributed by atoms with Crippen molar-refractivity contribution in [3.63, 3.8) is 0 Å². The molecule has 4 N–H and O–H groups in total. The first-order chi connectivity index (χ1) is 17.0. The number of hydrogen-bond acceptors (Lipinski definition) is 9. The number of nitrogens with one attached hydrogen (secondary N) is 2. The lowest BCUT2D eigenvalue weighted by Crippen LogP contribution is -2.57. The van der Waals surface area contributed by atoms with E-state index in [1.165, 1.54) is 0 Å². The van der Waals surface area contributed by atoms with Crippen LogP contribution in [0.4, 0.5) is 5.69 Å². The molecule has 4 rings (SSSR count). The molecular formula is C24H30N6O5. The summed E-state index contributed by atoms with van der Waals surface area (Å²) < 4.78 is 5.87. The Labute approximate surface area is 203 Å². The highest BCUT2D eigenvalue weighted by molar-refractivity contribution is 5.89. The Hall–Kier alpha value is -3.83. The lowest BCUT2D eigenvalue weighted by molar-refractivity contribution is -0.134. The molecule has 2 atom stereocenters. The Bertz CT molecular complexity index is 1030. The van der Waals surface area contributed by atoms with Crippen molar-refractivity contribution in [2.45, 2.75) is 32.0 Å². The number of carboxylic acids is 2. The van der Waals surface area contributed by atoms with Crippen molar-refractivity contribution in [2.24, 2.45) is 4.99 Å². The second-order valence-electron chi connectivity index (χ2n) is 7.84. The molecule has 0 aliphatic carbocycles. The summed E-state index contributed by atoms with van der Waals surface area (Å²) in [4.78, 5) is 35.3. The number of nitrogens with zero attached hydrogens (tertiary/aromatic N) is 4. The molecule has 186 valence electrons. The van der Waals surface area contributed by atoms with Gasteiger partial charge in [0.15, 0.2) is 0 Å². The SMILES string of the molecule is CCCC(NC1=Nc2ccccc2OC1)N1CCNCC1c1ncccn1.O=C(O)C=CC(=O)O. The third-order valence-electron chi connectivity index (χ3n) is 5.32. The third-order valence-corrected chi connectivity index (χ3v) is 5.32. The summed E-state index contributed by atoms with van der Waals surface area (Å²) in [7, 11) is 0. The number of hydrogen-bond donors (Lipinski definition) is 4. The minimum atomic E-state index is -1.26. The van der Waals surface area contributed by atoms with Crippen LogP contribution < -0.4 is 15.4 Å². The molecule has 3 heterocycles. The Morgan fingerprint density at radius 2 is 1.91 bits per heavy atom. The van der Waals surface area contributed by atoms with Crippen molar-refractivity contribution in [3.05, 3.63) is 60.7 Å². The maximum Gasteiger partial charge on any atom is 0.328 e. The largest absolute Gasteiger partial charge is 0.483 e. The number of fused-ring (bicyclic) bond motifs is 1. The van der Waals surface area contributed by atoms with Crippen molar-refractivity contribution in [1.29, 1.82) is 0 Å². The second-order valence-corrected chi connectivity index (χ2v) is 7.84. The van der Waals surface area contributed by atoms with Crippen LogP contribution in [-0.4, -0.2) is 75.3 Å². The summed E-state index contributed by atoms with van der Waals surface area (Å²) in [5.41, 5.74) is 0.879. The van der Waals surface area contributed by atoms with Crippen LogP contribution in [0.3, 0.4) is 0 Å². The van der Waals surface area contributed by atoms with Crippen molar-refractivity contribution in [3.8, 4) is 5.75 Å². The van der Waals surface area contributed by atoms with Crippen LogP contribution in [0.5, 0.6) is 5.75 Å². The molecule has 1 saturated heterocycles. The lowest BCUT2D eigenvalue weighted by Gasteiger charge is -2.41. The van der Waals surface area contributed by atoms with Gasteiger partial charge in [0.2, 0.25) is 0 Å². The van der Waals surface area contributed by atoms with Gasteiger partial charge in [-0.2, -0.15) is 0 Å². The minimum absolute atomic E-state index is 0.140. The van der Waals surface area contributed by atoms with Crippen molar-refractivity contribution >= 4 is 23.5 Å². The number of amidine groups is 1. The molecule has 2 aliphatic rings. The average molecular weight is 483 g/mol. The number of ether oxygens (including phenoxy) is 1. The first-order valence-corrected chi connectivity index (χ1v) is 11.4. The Morgan fingerprint density at radius 1 is 1.20 bits per heavy atom. The first kappa shape index (κ1) is 25.8. The molecule has 1 fully saturated rings. The number of aromatic nitrogens is 2. The normalized spacial score (nSPS) is 18.3. The monoisotopic (exact) mass is 482 g/mol. The van der Waals surface area contributed by atoms with Gasteiger partial charge in [-0.1, -0.05) is 25.5 Å². The smallest absolute Gasteiger partial charge is 0.328 e. The standard InChI is InChI=1S/C20H26N6O.C4H4O4/c1-2-6-19(25-18-14-27-17-8-4-3-7-15(17)24-18)26-12-11-21-13-16(26)20-22-9-5-10-23-20;5-3(6)1-2-4(7)8/h3-5,7-10,16,19,21H,2,6,11-14H2,1H3,(H,24,25);1-2H,(H,5,6)(H,7,8). The highest BCUT2D eigenvalue weighted by Gasteiger charge is 2.32. The average Bonchev–Trinajstić information content (AvgIpc) is 2.88. The van der Waals surface area contributed by atoms with Gasteiger partial charge in [-0.3, -0.25) is 4.90 Å². The summed E-state index contributed by atoms with van der Waals surface area (Å²) in [6.45, 7) is 5.41. The topological polar surface area (TPSA) is 149 Å². The molecule has 11 heteroatoms. The second kappa shape index (κ2) is 13.2. The van der Waals surface area contributed by atoms with Crippen molar-refractivity contribution in [1.82, 2.24) is 25.5 Å². The van der Waals surface area contributed by atoms with E-state index in [4.69, 9.17) is 19.9 Å². The number of carboxylic acid groups (broad SMARTS) is 2. The van der Waals surface area contributed by atoms with Crippen LogP contribution >= 0.6 is 0 Å². The molecule has 0 bridgehead atoms. The summed E-state index contributed by atoms with van der Waals surface area (Å²) in [5.74, 6) is 0.0609. The molecular weight excluding hydrogens is 452 g/mol. The Kier molecular flexibility index (Phi) is 9.69. The van der Waals surface area contributed by atoms with Crippen LogP contribution in [0.1, 0.15) is 31.6 Å². The summed E-state index contributed by atoms with van der Waals surface area (Å²) in [6, 6.07) is 9.89. The molecule has 2 aliphatic heterocycles. The van der Waals surface area contributed by atoms with E-state index in [1.807, 2.05) is 42.7 Å². The predicted molar refractivity (Wildman–Crippen MR) is 130 cm³/mol. The van der Waals surface area contributed by atoms with Crippen LogP contribution in [0.15, 0.2) is 59.9 Å². The highest BCUT2D eigenvalue weighted by atomic mass is 16.5. The van der Waals surface area contributed by atoms with Gasteiger partial charge >= 0.3 is 11.9 Å². The molecule has 2 unspecified atom stereocenters. The van der Waals surface area contributed by atoms with Crippen LogP contribution in [0.2, 0.25) is 0 Å². The molecule has 0 radical (unpaired) electrons. The zero-order valence-corrected chi connectivity index (χ0v) is 19.5. The van der Waals surface area contributed by atoms with Gasteiger partial charge in [0.1, 0.15) is 29.7 Å². The highest BCUT2D eigenvalue weighted by Crippen LogP contribution is 2.30. The summed E-state index contributed by atoms with van der Waals surface area (Å²) >= 11 is 0.